The van der Waals surface area contributed by atoms with E-state index in [-0.39, 0.29) is 15.7 Å². The van der Waals surface area contributed by atoms with Crippen LogP contribution < -0.4 is 4.74 Å². The van der Waals surface area contributed by atoms with Crippen LogP contribution in [0.4, 0.5) is 8.78 Å². The largest absolute Gasteiger partial charge is 0.480 e. The second kappa shape index (κ2) is 5.80. The van der Waals surface area contributed by atoms with Crippen molar-refractivity contribution in [3.63, 3.8) is 0 Å². The molecule has 0 saturated carbocycles. The van der Waals surface area contributed by atoms with E-state index in [0.717, 1.165) is 11.5 Å². The first-order chi connectivity index (χ1) is 7.83. The molecule has 0 aromatic carbocycles. The molecular formula is C9H12F2N2OS2Si. The van der Waals surface area contributed by atoms with E-state index >= 15 is 0 Å². The van der Waals surface area contributed by atoms with Gasteiger partial charge >= 0.3 is 0 Å². The van der Waals surface area contributed by atoms with E-state index in [2.05, 4.69) is 24.0 Å². The summed E-state index contributed by atoms with van der Waals surface area (Å²) in [4.78, 5) is 0. The highest BCUT2D eigenvalue weighted by Gasteiger charge is 2.21. The van der Waals surface area contributed by atoms with Gasteiger partial charge in [-0.15, -0.1) is 0 Å². The molecule has 0 saturated heterocycles. The Balaban J connectivity index is 2.81. The van der Waals surface area contributed by atoms with Gasteiger partial charge in [0.15, 0.2) is 0 Å². The number of ether oxygens (including phenoxy) is 1. The van der Waals surface area contributed by atoms with Crippen LogP contribution in [-0.4, -0.2) is 24.4 Å². The van der Waals surface area contributed by atoms with Gasteiger partial charge in [0.05, 0.1) is 14.3 Å². The van der Waals surface area contributed by atoms with Crippen LogP contribution in [0.2, 0.25) is 19.6 Å². The van der Waals surface area contributed by atoms with Crippen molar-refractivity contribution in [1.82, 2.24) is 4.37 Å². The summed E-state index contributed by atoms with van der Waals surface area (Å²) in [6, 6.07) is 1.87. The highest BCUT2D eigenvalue weighted by atomic mass is 32.2. The molecule has 0 aliphatic carbocycles. The molecule has 0 spiro atoms. The molecule has 1 heterocycles. The van der Waals surface area contributed by atoms with E-state index in [1.54, 1.807) is 0 Å². The van der Waals surface area contributed by atoms with Crippen molar-refractivity contribution < 1.29 is 13.5 Å². The topological polar surface area (TPSA) is 45.9 Å². The predicted octanol–water partition coefficient (Wildman–Crippen LogP) is 3.59. The molecule has 0 N–H and O–H groups in total. The molecule has 17 heavy (non-hydrogen) atoms. The molecular weight excluding hydrogens is 282 g/mol. The zero-order chi connectivity index (χ0) is 13.1. The van der Waals surface area contributed by atoms with Crippen LogP contribution in [0.15, 0.2) is 4.21 Å². The van der Waals surface area contributed by atoms with Crippen LogP contribution in [-0.2, 0) is 0 Å². The second-order valence-corrected chi connectivity index (χ2v) is 11.9. The first kappa shape index (κ1) is 14.4. The van der Waals surface area contributed by atoms with Gasteiger partial charge in [0.1, 0.15) is 15.8 Å². The quantitative estimate of drug-likeness (QED) is 0.615. The summed E-state index contributed by atoms with van der Waals surface area (Å²) in [5.41, 5.74) is 0.124. The van der Waals surface area contributed by atoms with Gasteiger partial charge < -0.3 is 4.74 Å². The van der Waals surface area contributed by atoms with Gasteiger partial charge in [-0.2, -0.15) is 18.4 Å². The molecule has 3 nitrogen and oxygen atoms in total. The molecule has 94 valence electrons. The van der Waals surface area contributed by atoms with Crippen molar-refractivity contribution in [3.05, 3.63) is 5.56 Å². The van der Waals surface area contributed by atoms with E-state index in [1.807, 2.05) is 6.07 Å². The minimum Gasteiger partial charge on any atom is -0.480 e. The number of halogens is 2. The summed E-state index contributed by atoms with van der Waals surface area (Å²) >= 11 is 1.22. The third kappa shape index (κ3) is 4.61. The molecule has 1 aromatic heterocycles. The number of hydrogen-bond acceptors (Lipinski definition) is 5. The van der Waals surface area contributed by atoms with E-state index in [9.17, 15) is 8.78 Å². The minimum absolute atomic E-state index is 0.124. The van der Waals surface area contributed by atoms with Crippen LogP contribution in [0.1, 0.15) is 5.56 Å². The Kier molecular flexibility index (Phi) is 4.91. The van der Waals surface area contributed by atoms with Crippen LogP contribution in [0, 0.1) is 11.3 Å². The first-order valence-corrected chi connectivity index (χ1v) is 10.2. The minimum atomic E-state index is -2.55. The van der Waals surface area contributed by atoms with Crippen molar-refractivity contribution in [1.29, 1.82) is 5.26 Å². The maximum absolute atomic E-state index is 12.2. The van der Waals surface area contributed by atoms with Gasteiger partial charge in [-0.3, -0.25) is 0 Å². The molecule has 0 aliphatic rings. The third-order valence-electron chi connectivity index (χ3n) is 1.58. The van der Waals surface area contributed by atoms with Crippen molar-refractivity contribution in [3.8, 4) is 11.9 Å². The highest BCUT2D eigenvalue weighted by Crippen LogP contribution is 2.36. The standard InChI is InChI=1S/C9H12F2N2OS2Si/c1-17(2,3)5-14-7-6(4-12)8(16-13-7)15-9(10)11/h9H,5H2,1-3H3. The molecule has 0 radical (unpaired) electrons. The van der Waals surface area contributed by atoms with Crippen LogP contribution >= 0.6 is 23.3 Å². The number of thioether (sulfide) groups is 1. The Morgan fingerprint density at radius 1 is 1.53 bits per heavy atom. The molecule has 0 amide bonds. The smallest absolute Gasteiger partial charge is 0.289 e. The summed E-state index contributed by atoms with van der Waals surface area (Å²) in [5, 5.41) is 8.92. The summed E-state index contributed by atoms with van der Waals surface area (Å²) in [6.07, 6.45) is 0.518. The van der Waals surface area contributed by atoms with E-state index in [1.165, 1.54) is 0 Å². The zero-order valence-corrected chi connectivity index (χ0v) is 12.3. The Morgan fingerprint density at radius 3 is 2.65 bits per heavy atom. The molecule has 0 unspecified atom stereocenters. The van der Waals surface area contributed by atoms with Crippen LogP contribution in [0.5, 0.6) is 5.88 Å². The van der Waals surface area contributed by atoms with Crippen molar-refractivity contribution in [2.24, 2.45) is 0 Å². The van der Waals surface area contributed by atoms with Gasteiger partial charge in [-0.25, -0.2) is 0 Å². The SMILES string of the molecule is C[Si](C)(C)COc1nsc(SC(F)F)c1C#N. The number of nitriles is 1. The molecule has 8 heteroatoms. The lowest BCUT2D eigenvalue weighted by Gasteiger charge is -2.15. The lowest BCUT2D eigenvalue weighted by Crippen LogP contribution is -2.30. The Morgan fingerprint density at radius 2 is 2.18 bits per heavy atom. The summed E-state index contributed by atoms with van der Waals surface area (Å²) < 4.78 is 34.0. The van der Waals surface area contributed by atoms with Crippen molar-refractivity contribution in [2.45, 2.75) is 29.6 Å². The third-order valence-corrected chi connectivity index (χ3v) is 4.33. The predicted molar refractivity (Wildman–Crippen MR) is 67.5 cm³/mol. The number of nitrogens with zero attached hydrogens (tertiary/aromatic N) is 2. The number of hydrogen-bond donors (Lipinski definition) is 0. The zero-order valence-electron chi connectivity index (χ0n) is 9.66. The fourth-order valence-corrected chi connectivity index (χ4v) is 2.92. The van der Waals surface area contributed by atoms with Gasteiger partial charge in [0.2, 0.25) is 5.88 Å². The molecule has 1 aromatic rings. The highest BCUT2D eigenvalue weighted by molar-refractivity contribution is 8.01. The maximum atomic E-state index is 12.2. The second-order valence-electron chi connectivity index (χ2n) is 4.49. The van der Waals surface area contributed by atoms with Gasteiger partial charge in [0, 0.05) is 0 Å². The molecule has 0 fully saturated rings. The first-order valence-electron chi connectivity index (χ1n) is 4.81. The average molecular weight is 294 g/mol. The van der Waals surface area contributed by atoms with Gasteiger partial charge in [-0.05, 0) is 23.3 Å². The fourth-order valence-electron chi connectivity index (χ4n) is 0.900. The molecule has 0 bridgehead atoms. The molecule has 0 atom stereocenters. The summed E-state index contributed by atoms with van der Waals surface area (Å²) in [5.74, 6) is -2.37. The number of alkyl halides is 2. The lowest BCUT2D eigenvalue weighted by molar-refractivity contribution is 0.252. The van der Waals surface area contributed by atoms with Crippen LogP contribution in [0.3, 0.4) is 0 Å². The maximum Gasteiger partial charge on any atom is 0.289 e. The average Bonchev–Trinajstić information content (AvgIpc) is 2.55. The molecule has 0 aliphatic heterocycles. The van der Waals surface area contributed by atoms with E-state index in [0.29, 0.717) is 18.0 Å². The number of rotatable bonds is 5. The molecule has 1 rings (SSSR count). The summed E-state index contributed by atoms with van der Waals surface area (Å²) in [6.45, 7) is 6.33. The Labute approximate surface area is 108 Å². The summed E-state index contributed by atoms with van der Waals surface area (Å²) in [7, 11) is -1.42. The van der Waals surface area contributed by atoms with E-state index < -0.39 is 13.8 Å². The van der Waals surface area contributed by atoms with Crippen molar-refractivity contribution >= 4 is 31.4 Å². The lowest BCUT2D eigenvalue weighted by atomic mass is 10.4. The Bertz CT molecular complexity index is 426. The van der Waals surface area contributed by atoms with E-state index in [4.69, 9.17) is 10.00 Å². The Hall–Kier alpha value is -0.653. The van der Waals surface area contributed by atoms with Crippen molar-refractivity contribution in [2.75, 3.05) is 6.23 Å². The van der Waals surface area contributed by atoms with Gasteiger partial charge in [-0.1, -0.05) is 19.6 Å². The number of aromatic nitrogens is 1. The monoisotopic (exact) mass is 294 g/mol. The van der Waals surface area contributed by atoms with Crippen LogP contribution in [0.25, 0.3) is 0 Å². The van der Waals surface area contributed by atoms with Gasteiger partial charge in [0.25, 0.3) is 5.76 Å². The normalized spacial score (nSPS) is 11.6. The fraction of sp³-hybridized carbons (Fsp3) is 0.556.